The number of methoxy groups -OCH3 is 1. The van der Waals surface area contributed by atoms with E-state index in [1.54, 1.807) is 19.1 Å². The van der Waals surface area contributed by atoms with Gasteiger partial charge in [-0.15, -0.1) is 11.3 Å². The van der Waals surface area contributed by atoms with E-state index < -0.39 is 24.2 Å². The van der Waals surface area contributed by atoms with Crippen molar-refractivity contribution < 1.29 is 32.2 Å². The van der Waals surface area contributed by atoms with Crippen molar-refractivity contribution in [3.05, 3.63) is 74.9 Å². The van der Waals surface area contributed by atoms with Crippen molar-refractivity contribution >= 4 is 39.8 Å². The van der Waals surface area contributed by atoms with E-state index in [4.69, 9.17) is 16.3 Å². The van der Waals surface area contributed by atoms with Gasteiger partial charge in [-0.3, -0.25) is 9.59 Å². The molecule has 0 aliphatic rings. The maximum atomic E-state index is 13.2. The number of hydrogen-bond acceptors (Lipinski definition) is 5. The highest BCUT2D eigenvalue weighted by molar-refractivity contribution is 7.18. The minimum Gasteiger partial charge on any atom is -0.493 e. The van der Waals surface area contributed by atoms with Crippen LogP contribution in [0.5, 0.6) is 11.5 Å². The first kappa shape index (κ1) is 24.4. The predicted molar refractivity (Wildman–Crippen MR) is 119 cm³/mol. The van der Waals surface area contributed by atoms with Gasteiger partial charge in [0.1, 0.15) is 5.82 Å². The van der Waals surface area contributed by atoms with Crippen molar-refractivity contribution in [2.45, 2.75) is 20.1 Å². The van der Waals surface area contributed by atoms with Crippen LogP contribution in [0.4, 0.5) is 18.2 Å². The molecule has 0 aliphatic carbocycles. The molecule has 0 atom stereocenters. The van der Waals surface area contributed by atoms with Gasteiger partial charge in [0.2, 0.25) is 0 Å². The fraction of sp³-hybridized carbons (Fsp3) is 0.182. The Morgan fingerprint density at radius 1 is 1.09 bits per heavy atom. The molecule has 2 amide bonds. The van der Waals surface area contributed by atoms with E-state index in [2.05, 4.69) is 15.4 Å². The highest BCUT2D eigenvalue weighted by Gasteiger charge is 2.18. The van der Waals surface area contributed by atoms with Crippen molar-refractivity contribution in [3.8, 4) is 11.5 Å². The molecule has 174 valence electrons. The smallest absolute Gasteiger partial charge is 0.387 e. The van der Waals surface area contributed by atoms with E-state index in [-0.39, 0.29) is 28.6 Å². The number of thiophene rings is 1. The lowest BCUT2D eigenvalue weighted by atomic mass is 10.2. The largest absolute Gasteiger partial charge is 0.493 e. The van der Waals surface area contributed by atoms with E-state index in [1.807, 2.05) is 0 Å². The summed E-state index contributed by atoms with van der Waals surface area (Å²) in [7, 11) is 1.33. The Bertz CT molecular complexity index is 1190. The van der Waals surface area contributed by atoms with Crippen LogP contribution in [0.1, 0.15) is 31.2 Å². The van der Waals surface area contributed by atoms with Gasteiger partial charge >= 0.3 is 6.61 Å². The molecule has 0 bridgehead atoms. The molecule has 0 saturated heterocycles. The average Bonchev–Trinajstić information content (AvgIpc) is 3.11. The molecule has 2 N–H and O–H groups in total. The third-order valence-electron chi connectivity index (χ3n) is 4.43. The third-order valence-corrected chi connectivity index (χ3v) is 5.90. The van der Waals surface area contributed by atoms with Crippen molar-refractivity contribution in [2.75, 3.05) is 12.4 Å². The number of ether oxygens (including phenoxy) is 2. The zero-order valence-corrected chi connectivity index (χ0v) is 19.0. The fourth-order valence-electron chi connectivity index (χ4n) is 2.90. The van der Waals surface area contributed by atoms with Crippen LogP contribution < -0.4 is 20.1 Å². The molecule has 3 rings (SSSR count). The minimum atomic E-state index is -3.02. The van der Waals surface area contributed by atoms with Crippen LogP contribution in [-0.4, -0.2) is 25.5 Å². The van der Waals surface area contributed by atoms with Gasteiger partial charge in [-0.2, -0.15) is 8.78 Å². The van der Waals surface area contributed by atoms with Crippen LogP contribution in [0.3, 0.4) is 0 Å². The van der Waals surface area contributed by atoms with Crippen LogP contribution >= 0.6 is 22.9 Å². The summed E-state index contributed by atoms with van der Waals surface area (Å²) in [5, 5.41) is 5.71. The van der Waals surface area contributed by atoms with Gasteiger partial charge in [0.15, 0.2) is 11.5 Å². The Morgan fingerprint density at radius 2 is 1.85 bits per heavy atom. The molecule has 1 heterocycles. The van der Waals surface area contributed by atoms with E-state index in [0.717, 1.165) is 23.5 Å². The number of carbonyl (C=O) groups excluding carboxylic acids is 2. The Morgan fingerprint density at radius 3 is 2.52 bits per heavy atom. The third kappa shape index (κ3) is 6.17. The molecule has 0 unspecified atom stereocenters. The summed E-state index contributed by atoms with van der Waals surface area (Å²) < 4.78 is 47.8. The molecule has 3 aromatic rings. The first-order chi connectivity index (χ1) is 15.7. The van der Waals surface area contributed by atoms with Crippen LogP contribution in [0, 0.1) is 12.7 Å². The molecular formula is C22H18ClF3N2O4S. The molecule has 2 aromatic carbocycles. The number of halogens is 4. The highest BCUT2D eigenvalue weighted by atomic mass is 35.5. The van der Waals surface area contributed by atoms with Gasteiger partial charge in [0.05, 0.1) is 27.6 Å². The summed E-state index contributed by atoms with van der Waals surface area (Å²) in [6.45, 7) is -1.27. The van der Waals surface area contributed by atoms with Crippen molar-refractivity contribution in [3.63, 3.8) is 0 Å². The topological polar surface area (TPSA) is 76.7 Å². The van der Waals surface area contributed by atoms with Crippen LogP contribution in [0.25, 0.3) is 0 Å². The Balaban J connectivity index is 1.67. The number of amides is 2. The predicted octanol–water partition coefficient (Wildman–Crippen LogP) is 5.64. The summed E-state index contributed by atoms with van der Waals surface area (Å²) in [5.41, 5.74) is 1.24. The maximum absolute atomic E-state index is 13.2. The number of benzene rings is 2. The monoisotopic (exact) mass is 498 g/mol. The summed E-state index contributed by atoms with van der Waals surface area (Å²) >= 11 is 6.96. The van der Waals surface area contributed by atoms with Gasteiger partial charge < -0.3 is 20.1 Å². The number of anilines is 1. The van der Waals surface area contributed by atoms with Crippen LogP contribution in [-0.2, 0) is 6.54 Å². The van der Waals surface area contributed by atoms with Gasteiger partial charge in [-0.05, 0) is 54.4 Å². The number of carbonyl (C=O) groups is 2. The van der Waals surface area contributed by atoms with Gasteiger partial charge in [0, 0.05) is 6.54 Å². The molecule has 0 saturated carbocycles. The van der Waals surface area contributed by atoms with Crippen molar-refractivity contribution in [1.29, 1.82) is 0 Å². The van der Waals surface area contributed by atoms with Gasteiger partial charge in [-0.1, -0.05) is 17.7 Å². The molecule has 6 nitrogen and oxygen atoms in total. The van der Waals surface area contributed by atoms with E-state index in [0.29, 0.717) is 21.0 Å². The standard InChI is InChI=1S/C22H18ClF3N2O4S/c1-11-7-18(28-20(29)14-5-4-13(24)9-15(14)23)33-19(11)21(30)27-10-12-3-6-16(31-2)17(8-12)32-22(25)26/h3-9,22H,10H2,1-2H3,(H,27,30)(H,28,29). The second kappa shape index (κ2) is 10.6. The van der Waals surface area contributed by atoms with Crippen molar-refractivity contribution in [2.24, 2.45) is 0 Å². The summed E-state index contributed by atoms with van der Waals surface area (Å²) in [5.74, 6) is -1.52. The lowest BCUT2D eigenvalue weighted by Crippen LogP contribution is -2.22. The minimum absolute atomic E-state index is 0.0339. The van der Waals surface area contributed by atoms with E-state index in [9.17, 15) is 22.8 Å². The van der Waals surface area contributed by atoms with Crippen molar-refractivity contribution in [1.82, 2.24) is 5.32 Å². The second-order valence-electron chi connectivity index (χ2n) is 6.75. The number of aryl methyl sites for hydroxylation is 1. The molecule has 0 spiro atoms. The molecule has 0 fully saturated rings. The Labute approximate surface area is 196 Å². The zero-order valence-electron chi connectivity index (χ0n) is 17.4. The summed E-state index contributed by atoms with van der Waals surface area (Å²) in [6, 6.07) is 9.46. The lowest BCUT2D eigenvalue weighted by Gasteiger charge is -2.12. The van der Waals surface area contributed by atoms with Gasteiger partial charge in [-0.25, -0.2) is 4.39 Å². The first-order valence-electron chi connectivity index (χ1n) is 9.44. The molecule has 0 radical (unpaired) electrons. The van der Waals surface area contributed by atoms with E-state index in [1.165, 1.54) is 25.3 Å². The molecule has 1 aromatic heterocycles. The Hall–Kier alpha value is -3.24. The summed E-state index contributed by atoms with van der Waals surface area (Å²) in [6.07, 6.45) is 0. The lowest BCUT2D eigenvalue weighted by molar-refractivity contribution is -0.0512. The van der Waals surface area contributed by atoms with Gasteiger partial charge in [0.25, 0.3) is 11.8 Å². The quantitative estimate of drug-likeness (QED) is 0.421. The first-order valence-corrected chi connectivity index (χ1v) is 10.6. The molecule has 11 heteroatoms. The second-order valence-corrected chi connectivity index (χ2v) is 8.21. The SMILES string of the molecule is COc1ccc(CNC(=O)c2sc(NC(=O)c3ccc(F)cc3Cl)cc2C)cc1OC(F)F. The van der Waals surface area contributed by atoms with Crippen LogP contribution in [0.15, 0.2) is 42.5 Å². The normalized spacial score (nSPS) is 10.8. The summed E-state index contributed by atoms with van der Waals surface area (Å²) in [4.78, 5) is 25.4. The molecule has 33 heavy (non-hydrogen) atoms. The van der Waals surface area contributed by atoms with E-state index >= 15 is 0 Å². The maximum Gasteiger partial charge on any atom is 0.387 e. The fourth-order valence-corrected chi connectivity index (χ4v) is 4.14. The number of rotatable bonds is 8. The number of hydrogen-bond donors (Lipinski definition) is 2. The zero-order chi connectivity index (χ0) is 24.1. The number of alkyl halides is 2. The molecular weight excluding hydrogens is 481 g/mol. The highest BCUT2D eigenvalue weighted by Crippen LogP contribution is 2.30. The number of nitrogens with one attached hydrogen (secondary N) is 2. The Kier molecular flexibility index (Phi) is 7.83. The average molecular weight is 499 g/mol. The van der Waals surface area contributed by atoms with Crippen LogP contribution in [0.2, 0.25) is 5.02 Å². The molecule has 0 aliphatic heterocycles.